The van der Waals surface area contributed by atoms with Crippen LogP contribution >= 0.6 is 0 Å². The van der Waals surface area contributed by atoms with Crippen LogP contribution in [0.5, 0.6) is 0 Å². The molecule has 0 aromatic heterocycles. The summed E-state index contributed by atoms with van der Waals surface area (Å²) in [6.45, 7) is 8.44. The number of nitriles is 1. The molecule has 2 unspecified atom stereocenters. The molecule has 1 aliphatic carbocycles. The van der Waals surface area contributed by atoms with E-state index in [0.29, 0.717) is 12.6 Å². The van der Waals surface area contributed by atoms with Crippen molar-refractivity contribution in [2.75, 3.05) is 13.1 Å². The highest BCUT2D eigenvalue weighted by Gasteiger charge is 2.27. The Labute approximate surface area is 87.9 Å². The van der Waals surface area contributed by atoms with E-state index in [1.807, 2.05) is 0 Å². The Morgan fingerprint density at radius 2 is 1.79 bits per heavy atom. The summed E-state index contributed by atoms with van der Waals surface area (Å²) in [5.74, 6) is 1.66. The zero-order valence-electron chi connectivity index (χ0n) is 9.66. The average Bonchev–Trinajstić information content (AvgIpc) is 2.12. The van der Waals surface area contributed by atoms with Crippen LogP contribution in [-0.2, 0) is 0 Å². The van der Waals surface area contributed by atoms with E-state index in [1.165, 1.54) is 19.3 Å². The molecular weight excluding hydrogens is 172 g/mol. The fourth-order valence-corrected chi connectivity index (χ4v) is 2.79. The lowest BCUT2D eigenvalue weighted by atomic mass is 9.80. The summed E-state index contributed by atoms with van der Waals surface area (Å²) in [4.78, 5) is 2.33. The molecule has 0 N–H and O–H groups in total. The first-order valence-corrected chi connectivity index (χ1v) is 5.78. The molecular formula is C12H22N2. The van der Waals surface area contributed by atoms with Gasteiger partial charge >= 0.3 is 0 Å². The summed E-state index contributed by atoms with van der Waals surface area (Å²) in [6.07, 6.45) is 3.92. The quantitative estimate of drug-likeness (QED) is 0.646. The van der Waals surface area contributed by atoms with Gasteiger partial charge in [-0.3, -0.25) is 4.90 Å². The fraction of sp³-hybridized carbons (Fsp3) is 0.917. The molecule has 0 spiro atoms. The molecule has 2 atom stereocenters. The minimum Gasteiger partial charge on any atom is -0.288 e. The summed E-state index contributed by atoms with van der Waals surface area (Å²) in [5, 5.41) is 8.74. The zero-order valence-corrected chi connectivity index (χ0v) is 9.66. The number of hydrogen-bond acceptors (Lipinski definition) is 2. The van der Waals surface area contributed by atoms with Gasteiger partial charge in [0.1, 0.15) is 0 Å². The van der Waals surface area contributed by atoms with Gasteiger partial charge in [0, 0.05) is 6.04 Å². The lowest BCUT2D eigenvalue weighted by Gasteiger charge is -2.37. The van der Waals surface area contributed by atoms with Crippen LogP contribution in [0, 0.1) is 23.2 Å². The third-order valence-electron chi connectivity index (χ3n) is 3.35. The molecule has 0 bridgehead atoms. The molecule has 1 fully saturated rings. The Kier molecular flexibility index (Phi) is 4.41. The van der Waals surface area contributed by atoms with Gasteiger partial charge < -0.3 is 0 Å². The van der Waals surface area contributed by atoms with Crippen LogP contribution in [-0.4, -0.2) is 24.0 Å². The highest BCUT2D eigenvalue weighted by atomic mass is 15.1. The molecule has 1 saturated carbocycles. The van der Waals surface area contributed by atoms with E-state index in [0.717, 1.165) is 18.4 Å². The van der Waals surface area contributed by atoms with Crippen molar-refractivity contribution in [3.63, 3.8) is 0 Å². The van der Waals surface area contributed by atoms with Gasteiger partial charge in [0.2, 0.25) is 0 Å². The second-order valence-corrected chi connectivity index (χ2v) is 4.79. The summed E-state index contributed by atoms with van der Waals surface area (Å²) >= 11 is 0. The maximum atomic E-state index is 8.74. The minimum absolute atomic E-state index is 0.598. The molecule has 1 rings (SSSR count). The lowest BCUT2D eigenvalue weighted by Crippen LogP contribution is -2.40. The summed E-state index contributed by atoms with van der Waals surface area (Å²) in [5.41, 5.74) is 0. The second-order valence-electron chi connectivity index (χ2n) is 4.79. The van der Waals surface area contributed by atoms with E-state index >= 15 is 0 Å². The molecule has 0 amide bonds. The third-order valence-corrected chi connectivity index (χ3v) is 3.35. The Bertz CT molecular complexity index is 197. The maximum absolute atomic E-state index is 8.74. The van der Waals surface area contributed by atoms with Crippen LogP contribution < -0.4 is 0 Å². The fourth-order valence-electron chi connectivity index (χ4n) is 2.79. The van der Waals surface area contributed by atoms with Crippen LogP contribution in [0.15, 0.2) is 0 Å². The van der Waals surface area contributed by atoms with Gasteiger partial charge in [0.15, 0.2) is 0 Å². The Hall–Kier alpha value is -0.550. The van der Waals surface area contributed by atoms with Crippen molar-refractivity contribution in [2.45, 2.75) is 46.1 Å². The summed E-state index contributed by atoms with van der Waals surface area (Å²) < 4.78 is 0. The van der Waals surface area contributed by atoms with Gasteiger partial charge in [-0.05, 0) is 37.6 Å². The largest absolute Gasteiger partial charge is 0.288 e. The Morgan fingerprint density at radius 1 is 1.21 bits per heavy atom. The molecule has 0 aromatic carbocycles. The van der Waals surface area contributed by atoms with Crippen LogP contribution in [0.3, 0.4) is 0 Å². The predicted octanol–water partition coefficient (Wildman–Crippen LogP) is 2.66. The van der Waals surface area contributed by atoms with Crippen molar-refractivity contribution >= 4 is 0 Å². The number of hydrogen-bond donors (Lipinski definition) is 0. The van der Waals surface area contributed by atoms with Gasteiger partial charge in [0.25, 0.3) is 0 Å². The first-order valence-electron chi connectivity index (χ1n) is 5.78. The van der Waals surface area contributed by atoms with Gasteiger partial charge in [-0.2, -0.15) is 5.26 Å². The van der Waals surface area contributed by atoms with E-state index in [-0.39, 0.29) is 0 Å². The first kappa shape index (κ1) is 11.5. The molecule has 2 heteroatoms. The van der Waals surface area contributed by atoms with E-state index in [4.69, 9.17) is 5.26 Å². The van der Waals surface area contributed by atoms with E-state index < -0.39 is 0 Å². The van der Waals surface area contributed by atoms with Gasteiger partial charge in [-0.1, -0.05) is 20.8 Å². The van der Waals surface area contributed by atoms with E-state index in [2.05, 4.69) is 31.7 Å². The second kappa shape index (κ2) is 5.36. The topological polar surface area (TPSA) is 27.0 Å². The van der Waals surface area contributed by atoms with Gasteiger partial charge in [0.05, 0.1) is 12.6 Å². The van der Waals surface area contributed by atoms with Crippen molar-refractivity contribution in [2.24, 2.45) is 11.8 Å². The monoisotopic (exact) mass is 194 g/mol. The van der Waals surface area contributed by atoms with Crippen LogP contribution in [0.2, 0.25) is 0 Å². The van der Waals surface area contributed by atoms with Crippen LogP contribution in [0.1, 0.15) is 40.0 Å². The standard InChI is InChI=1S/C12H22N2/c1-4-14(6-5-13)12-8-10(2)7-11(3)9-12/h10-12H,4,6-9H2,1-3H3. The van der Waals surface area contributed by atoms with Gasteiger partial charge in [-0.15, -0.1) is 0 Å². The normalized spacial score (nSPS) is 32.9. The Morgan fingerprint density at radius 3 is 2.21 bits per heavy atom. The molecule has 1 aliphatic rings. The van der Waals surface area contributed by atoms with Crippen molar-refractivity contribution in [3.05, 3.63) is 0 Å². The lowest BCUT2D eigenvalue weighted by molar-refractivity contribution is 0.127. The minimum atomic E-state index is 0.598. The van der Waals surface area contributed by atoms with E-state index in [1.54, 1.807) is 0 Å². The molecule has 14 heavy (non-hydrogen) atoms. The highest BCUT2D eigenvalue weighted by molar-refractivity contribution is 4.86. The van der Waals surface area contributed by atoms with Crippen molar-refractivity contribution < 1.29 is 0 Å². The SMILES string of the molecule is CCN(CC#N)C1CC(C)CC(C)C1. The maximum Gasteiger partial charge on any atom is 0.0868 e. The molecule has 2 nitrogen and oxygen atoms in total. The number of nitrogens with zero attached hydrogens (tertiary/aromatic N) is 2. The highest BCUT2D eigenvalue weighted by Crippen LogP contribution is 2.31. The third kappa shape index (κ3) is 2.99. The smallest absolute Gasteiger partial charge is 0.0868 e. The average molecular weight is 194 g/mol. The molecule has 0 aromatic rings. The van der Waals surface area contributed by atoms with Crippen LogP contribution in [0.25, 0.3) is 0 Å². The van der Waals surface area contributed by atoms with Gasteiger partial charge in [-0.25, -0.2) is 0 Å². The molecule has 0 aliphatic heterocycles. The van der Waals surface area contributed by atoms with Crippen LogP contribution in [0.4, 0.5) is 0 Å². The van der Waals surface area contributed by atoms with E-state index in [9.17, 15) is 0 Å². The van der Waals surface area contributed by atoms with Crippen molar-refractivity contribution in [1.29, 1.82) is 5.26 Å². The molecule has 0 saturated heterocycles. The zero-order chi connectivity index (χ0) is 10.6. The molecule has 0 heterocycles. The van der Waals surface area contributed by atoms with Crippen molar-refractivity contribution in [1.82, 2.24) is 4.90 Å². The molecule has 0 radical (unpaired) electrons. The Balaban J connectivity index is 2.52. The predicted molar refractivity (Wildman–Crippen MR) is 58.8 cm³/mol. The summed E-state index contributed by atoms with van der Waals surface area (Å²) in [6, 6.07) is 2.92. The molecule has 80 valence electrons. The summed E-state index contributed by atoms with van der Waals surface area (Å²) in [7, 11) is 0. The van der Waals surface area contributed by atoms with Crippen molar-refractivity contribution in [3.8, 4) is 6.07 Å². The number of rotatable bonds is 3. The first-order chi connectivity index (χ1) is 6.67.